The number of nitrogens with zero attached hydrogens (tertiary/aromatic N) is 2. The highest BCUT2D eigenvalue weighted by molar-refractivity contribution is 7.11. The highest BCUT2D eigenvalue weighted by Gasteiger charge is 2.39. The highest BCUT2D eigenvalue weighted by atomic mass is 16.3. The lowest BCUT2D eigenvalue weighted by Crippen LogP contribution is -2.74. The Morgan fingerprint density at radius 1 is 0.479 bits per heavy atom. The summed E-state index contributed by atoms with van der Waals surface area (Å²) in [5.41, 5.74) is 13.7. The zero-order valence-electron chi connectivity index (χ0n) is 26.1. The van der Waals surface area contributed by atoms with Gasteiger partial charge in [0.25, 0.3) is 0 Å². The van der Waals surface area contributed by atoms with Crippen LogP contribution in [0.3, 0.4) is 0 Å². The molecular formula is C43H28B2N2O. The van der Waals surface area contributed by atoms with Crippen molar-refractivity contribution in [2.45, 2.75) is 0 Å². The van der Waals surface area contributed by atoms with Crippen LogP contribution in [-0.2, 0) is 0 Å². The number of furan rings is 1. The van der Waals surface area contributed by atoms with E-state index >= 15 is 0 Å². The summed E-state index contributed by atoms with van der Waals surface area (Å²) in [6, 6.07) is 60.8. The Morgan fingerprint density at radius 2 is 1.06 bits per heavy atom. The molecule has 0 radical (unpaired) electrons. The van der Waals surface area contributed by atoms with Crippen LogP contribution in [0, 0.1) is 0 Å². The molecule has 10 rings (SSSR count). The molecule has 0 unspecified atom stereocenters. The summed E-state index contributed by atoms with van der Waals surface area (Å²) in [5.74, 6) is 0.869. The molecule has 7 aromatic carbocycles. The maximum absolute atomic E-state index is 6.95. The minimum Gasteiger partial charge on any atom is -0.455 e. The number of benzene rings is 7. The fourth-order valence-corrected chi connectivity index (χ4v) is 7.98. The fourth-order valence-electron chi connectivity index (χ4n) is 7.98. The van der Waals surface area contributed by atoms with Gasteiger partial charge in [0, 0.05) is 16.5 Å². The number of hydrogen-bond donors (Lipinski definition) is 0. The first-order chi connectivity index (χ1) is 23.8. The summed E-state index contributed by atoms with van der Waals surface area (Å²) >= 11 is 0. The average molecular weight is 610 g/mol. The van der Waals surface area contributed by atoms with E-state index in [-0.39, 0.29) is 13.4 Å². The molecule has 2 aromatic heterocycles. The third kappa shape index (κ3) is 4.07. The molecule has 5 heteroatoms. The number of aromatic nitrogens is 2. The molecule has 0 aliphatic carbocycles. The smallest absolute Gasteiger partial charge is 0.240 e. The summed E-state index contributed by atoms with van der Waals surface area (Å²) in [4.78, 5) is 5.19. The first-order valence-corrected chi connectivity index (χ1v) is 16.5. The van der Waals surface area contributed by atoms with Gasteiger partial charge in [-0.2, -0.15) is 0 Å². The third-order valence-electron chi connectivity index (χ3n) is 10.0. The van der Waals surface area contributed by atoms with Crippen LogP contribution >= 0.6 is 0 Å². The average Bonchev–Trinajstić information content (AvgIpc) is 3.72. The van der Waals surface area contributed by atoms with Crippen molar-refractivity contribution < 1.29 is 4.42 Å². The van der Waals surface area contributed by atoms with Crippen molar-refractivity contribution in [2.75, 3.05) is 0 Å². The lowest BCUT2D eigenvalue weighted by atomic mass is 9.21. The quantitative estimate of drug-likeness (QED) is 0.231. The Balaban J connectivity index is 1.26. The second-order valence-corrected chi connectivity index (χ2v) is 12.7. The largest absolute Gasteiger partial charge is 0.455 e. The lowest BCUT2D eigenvalue weighted by molar-refractivity contribution is 0.670. The molecule has 0 saturated carbocycles. The molecule has 0 N–H and O–H groups in total. The number of para-hydroxylation sites is 4. The summed E-state index contributed by atoms with van der Waals surface area (Å²) in [6.45, 7) is 0.203. The third-order valence-corrected chi connectivity index (χ3v) is 10.0. The Labute approximate surface area is 279 Å². The van der Waals surface area contributed by atoms with Gasteiger partial charge in [0.05, 0.1) is 16.6 Å². The summed E-state index contributed by atoms with van der Waals surface area (Å²) < 4.78 is 9.20. The molecular weight excluding hydrogens is 582 g/mol. The minimum atomic E-state index is 0.0942. The van der Waals surface area contributed by atoms with Crippen LogP contribution in [0.4, 0.5) is 0 Å². The summed E-state index contributed by atoms with van der Waals surface area (Å²) in [5, 5.41) is 2.22. The Morgan fingerprint density at radius 3 is 1.75 bits per heavy atom. The molecule has 9 aromatic rings. The molecule has 0 bridgehead atoms. The van der Waals surface area contributed by atoms with Gasteiger partial charge in [-0.3, -0.25) is 4.57 Å². The van der Waals surface area contributed by atoms with E-state index < -0.39 is 0 Å². The van der Waals surface area contributed by atoms with Crippen molar-refractivity contribution in [3.05, 3.63) is 170 Å². The van der Waals surface area contributed by atoms with Crippen LogP contribution in [0.25, 0.3) is 50.0 Å². The van der Waals surface area contributed by atoms with E-state index in [1.165, 1.54) is 32.8 Å². The van der Waals surface area contributed by atoms with Gasteiger partial charge in [0.15, 0.2) is 0 Å². The van der Waals surface area contributed by atoms with Gasteiger partial charge in [0.2, 0.25) is 13.4 Å². The van der Waals surface area contributed by atoms with Crippen molar-refractivity contribution >= 4 is 79.2 Å². The zero-order chi connectivity index (χ0) is 31.6. The van der Waals surface area contributed by atoms with E-state index in [4.69, 9.17) is 9.40 Å². The predicted molar refractivity (Wildman–Crippen MR) is 202 cm³/mol. The molecule has 222 valence electrons. The summed E-state index contributed by atoms with van der Waals surface area (Å²) in [6.07, 6.45) is 0. The van der Waals surface area contributed by atoms with Crippen molar-refractivity contribution in [1.29, 1.82) is 0 Å². The van der Waals surface area contributed by atoms with Gasteiger partial charge in [-0.05, 0) is 36.4 Å². The topological polar surface area (TPSA) is 31.0 Å². The van der Waals surface area contributed by atoms with Crippen LogP contribution in [0.15, 0.2) is 174 Å². The Kier molecular flexibility index (Phi) is 6.07. The van der Waals surface area contributed by atoms with Gasteiger partial charge in [-0.15, -0.1) is 0 Å². The molecule has 48 heavy (non-hydrogen) atoms. The van der Waals surface area contributed by atoms with Crippen molar-refractivity contribution in [3.63, 3.8) is 0 Å². The van der Waals surface area contributed by atoms with Gasteiger partial charge in [-0.25, -0.2) is 4.98 Å². The van der Waals surface area contributed by atoms with Gasteiger partial charge in [0.1, 0.15) is 17.0 Å². The van der Waals surface area contributed by atoms with Gasteiger partial charge < -0.3 is 4.42 Å². The van der Waals surface area contributed by atoms with Crippen LogP contribution in [0.1, 0.15) is 0 Å². The molecule has 1 aliphatic rings. The molecule has 3 heterocycles. The first kappa shape index (κ1) is 27.1. The number of rotatable bonds is 4. The Hall–Kier alpha value is -6.06. The first-order valence-electron chi connectivity index (χ1n) is 16.5. The lowest BCUT2D eigenvalue weighted by Gasteiger charge is -2.32. The molecule has 0 atom stereocenters. The van der Waals surface area contributed by atoms with Crippen LogP contribution in [0.5, 0.6) is 0 Å². The number of hydrogen-bond acceptors (Lipinski definition) is 2. The van der Waals surface area contributed by atoms with Crippen LogP contribution in [-0.4, -0.2) is 23.0 Å². The fraction of sp³-hybridized carbons (Fsp3) is 0. The van der Waals surface area contributed by atoms with Crippen molar-refractivity contribution in [3.8, 4) is 17.1 Å². The van der Waals surface area contributed by atoms with E-state index in [0.29, 0.717) is 0 Å². The Bertz CT molecular complexity index is 2630. The second kappa shape index (κ2) is 10.8. The van der Waals surface area contributed by atoms with E-state index in [1.54, 1.807) is 0 Å². The SMILES string of the molecule is c1ccc(B2c3ccccc3B(c3ccccc3)c3cc4c(cc32)oc2c(-c3nc5ccccc5n3-c3ccccc3)cccc24)cc1. The second-order valence-electron chi connectivity index (χ2n) is 12.7. The molecule has 1 aliphatic heterocycles. The van der Waals surface area contributed by atoms with Crippen LogP contribution in [0.2, 0.25) is 0 Å². The maximum Gasteiger partial charge on any atom is 0.240 e. The standard InChI is InChI=1S/C43H28B2N2O/c1-4-15-29(16-5-1)44-35-23-10-11-24-36(35)45(30-17-6-2-7-18-30)38-28-41-34(27-37(38)44)32-21-14-22-33(42(32)48-41)43-46-39-25-12-13-26-40(39)47(43)31-19-8-3-9-20-31/h1-28H. The maximum atomic E-state index is 6.95. The monoisotopic (exact) mass is 610 g/mol. The molecule has 0 saturated heterocycles. The number of fused-ring (bicyclic) bond motifs is 6. The predicted octanol–water partition coefficient (Wildman–Crippen LogP) is 5.94. The van der Waals surface area contributed by atoms with Crippen LogP contribution < -0.4 is 32.8 Å². The van der Waals surface area contributed by atoms with Crippen molar-refractivity contribution in [1.82, 2.24) is 9.55 Å². The molecule has 0 fully saturated rings. The van der Waals surface area contributed by atoms with E-state index in [9.17, 15) is 0 Å². The normalized spacial score (nSPS) is 12.5. The van der Waals surface area contributed by atoms with E-state index in [2.05, 4.69) is 162 Å². The molecule has 0 amide bonds. The highest BCUT2D eigenvalue weighted by Crippen LogP contribution is 2.37. The zero-order valence-corrected chi connectivity index (χ0v) is 26.1. The molecule has 3 nitrogen and oxygen atoms in total. The molecule has 0 spiro atoms. The van der Waals surface area contributed by atoms with Gasteiger partial charge >= 0.3 is 0 Å². The van der Waals surface area contributed by atoms with E-state index in [0.717, 1.165) is 50.0 Å². The summed E-state index contributed by atoms with van der Waals surface area (Å²) in [7, 11) is 0. The van der Waals surface area contributed by atoms with Gasteiger partial charge in [-0.1, -0.05) is 166 Å². The van der Waals surface area contributed by atoms with Crippen molar-refractivity contribution in [2.24, 2.45) is 0 Å². The van der Waals surface area contributed by atoms with E-state index in [1.807, 2.05) is 12.1 Å². The number of imidazole rings is 1. The minimum absolute atomic E-state index is 0.0942.